The molecule has 0 radical (unpaired) electrons. The van der Waals surface area contributed by atoms with E-state index in [0.29, 0.717) is 13.1 Å². The van der Waals surface area contributed by atoms with E-state index in [-0.39, 0.29) is 0 Å². The van der Waals surface area contributed by atoms with Crippen LogP contribution in [0.25, 0.3) is 0 Å². The van der Waals surface area contributed by atoms with Crippen LogP contribution in [0.3, 0.4) is 0 Å². The van der Waals surface area contributed by atoms with Gasteiger partial charge in [0.15, 0.2) is 0 Å². The van der Waals surface area contributed by atoms with Gasteiger partial charge in [-0.3, -0.25) is 0 Å². The van der Waals surface area contributed by atoms with Gasteiger partial charge in [-0.05, 0) is 20.8 Å². The summed E-state index contributed by atoms with van der Waals surface area (Å²) in [5.74, 6) is -1.09. The number of carbonyl (C=O) groups is 1. The Labute approximate surface area is 99.2 Å². The summed E-state index contributed by atoms with van der Waals surface area (Å²) in [6.45, 7) is 8.29. The van der Waals surface area contributed by atoms with Crippen LogP contribution in [0, 0.1) is 0 Å². The van der Waals surface area contributed by atoms with Gasteiger partial charge in [-0.2, -0.15) is 8.78 Å². The molecule has 0 aromatic heterocycles. The highest BCUT2D eigenvalue weighted by atomic mass is 19.3. The molecule has 0 saturated heterocycles. The summed E-state index contributed by atoms with van der Waals surface area (Å²) in [5.41, 5.74) is -2.08. The molecule has 1 N–H and O–H groups in total. The molecule has 1 unspecified atom stereocenters. The molecule has 1 atom stereocenters. The summed E-state index contributed by atoms with van der Waals surface area (Å²) in [5, 5.41) is 9.58. The Morgan fingerprint density at radius 2 is 1.94 bits per heavy atom. The minimum Gasteiger partial charge on any atom is -0.405 e. The lowest BCUT2D eigenvalue weighted by atomic mass is 10.1. The minimum absolute atomic E-state index is 0.326. The number of ether oxygens (including phenoxy) is 1. The van der Waals surface area contributed by atoms with E-state index in [4.69, 9.17) is 0 Å². The quantitative estimate of drug-likeness (QED) is 0.601. The highest BCUT2D eigenvalue weighted by Gasteiger charge is 2.32. The molecule has 0 saturated carbocycles. The van der Waals surface area contributed by atoms with E-state index in [1.165, 1.54) is 4.90 Å². The van der Waals surface area contributed by atoms with Crippen LogP contribution >= 0.6 is 0 Å². The number of halogens is 2. The first kappa shape index (κ1) is 15.6. The fraction of sp³-hybridized carbons (Fsp3) is 0.545. The average molecular weight is 249 g/mol. The third-order valence-corrected chi connectivity index (χ3v) is 2.24. The summed E-state index contributed by atoms with van der Waals surface area (Å²) >= 11 is 0. The van der Waals surface area contributed by atoms with Gasteiger partial charge in [-0.1, -0.05) is 12.7 Å². The van der Waals surface area contributed by atoms with Crippen molar-refractivity contribution < 1.29 is 23.4 Å². The van der Waals surface area contributed by atoms with Crippen molar-refractivity contribution in [1.29, 1.82) is 0 Å². The highest BCUT2D eigenvalue weighted by Crippen LogP contribution is 2.25. The van der Waals surface area contributed by atoms with E-state index in [0.717, 1.165) is 13.0 Å². The zero-order valence-corrected chi connectivity index (χ0v) is 10.2. The Morgan fingerprint density at radius 3 is 2.24 bits per heavy atom. The van der Waals surface area contributed by atoms with E-state index in [1.54, 1.807) is 13.8 Å². The molecule has 0 aliphatic heterocycles. The number of nitrogens with zero attached hydrogens (tertiary/aromatic N) is 1. The molecule has 0 spiro atoms. The van der Waals surface area contributed by atoms with Gasteiger partial charge >= 0.3 is 12.2 Å². The number of hydrogen-bond donors (Lipinski definition) is 1. The molecule has 0 aliphatic carbocycles. The first-order valence-corrected chi connectivity index (χ1v) is 5.18. The van der Waals surface area contributed by atoms with E-state index in [1.807, 2.05) is 0 Å². The maximum Gasteiger partial charge on any atom is 0.415 e. The van der Waals surface area contributed by atoms with Crippen molar-refractivity contribution in [2.45, 2.75) is 26.4 Å². The van der Waals surface area contributed by atoms with Gasteiger partial charge in [0.05, 0.1) is 0 Å². The van der Waals surface area contributed by atoms with E-state index in [9.17, 15) is 18.7 Å². The smallest absolute Gasteiger partial charge is 0.405 e. The predicted molar refractivity (Wildman–Crippen MR) is 59.5 cm³/mol. The predicted octanol–water partition coefficient (Wildman–Crippen LogP) is 2.51. The Balaban J connectivity index is 5.01. The van der Waals surface area contributed by atoms with Gasteiger partial charge in [-0.25, -0.2) is 4.79 Å². The Hall–Kier alpha value is -1.43. The molecule has 0 aliphatic rings. The van der Waals surface area contributed by atoms with Gasteiger partial charge in [0.2, 0.25) is 5.76 Å². The maximum absolute atomic E-state index is 12.6. The first-order chi connectivity index (χ1) is 7.80. The molecular weight excluding hydrogens is 232 g/mol. The Kier molecular flexibility index (Phi) is 5.81. The molecule has 0 fully saturated rings. The monoisotopic (exact) mass is 249 g/mol. The van der Waals surface area contributed by atoms with Crippen LogP contribution in [0.4, 0.5) is 13.6 Å². The second-order valence-electron chi connectivity index (χ2n) is 3.48. The lowest BCUT2D eigenvalue weighted by molar-refractivity contribution is 0.0544. The van der Waals surface area contributed by atoms with E-state index < -0.39 is 23.5 Å². The fourth-order valence-electron chi connectivity index (χ4n) is 1.06. The molecule has 0 bridgehead atoms. The van der Waals surface area contributed by atoms with Crippen molar-refractivity contribution >= 4 is 6.09 Å². The average Bonchev–Trinajstić information content (AvgIpc) is 2.26. The number of aliphatic hydroxyl groups is 1. The molecule has 0 heterocycles. The largest absolute Gasteiger partial charge is 0.415 e. The highest BCUT2D eigenvalue weighted by molar-refractivity contribution is 5.69. The molecule has 6 heteroatoms. The van der Waals surface area contributed by atoms with Crippen LogP contribution in [0.5, 0.6) is 0 Å². The second-order valence-corrected chi connectivity index (χ2v) is 3.48. The summed E-state index contributed by atoms with van der Waals surface area (Å²) in [4.78, 5) is 12.7. The number of amides is 1. The van der Waals surface area contributed by atoms with Crippen molar-refractivity contribution in [2.24, 2.45) is 0 Å². The maximum atomic E-state index is 12.6. The molecule has 0 rings (SSSR count). The van der Waals surface area contributed by atoms with Crippen LogP contribution in [-0.2, 0) is 4.74 Å². The molecular formula is C11H17F2NO3. The lowest BCUT2D eigenvalue weighted by Gasteiger charge is -2.24. The van der Waals surface area contributed by atoms with Crippen molar-refractivity contribution in [3.8, 4) is 0 Å². The van der Waals surface area contributed by atoms with Crippen molar-refractivity contribution in [2.75, 3.05) is 13.1 Å². The second kappa shape index (κ2) is 6.34. The summed E-state index contributed by atoms with van der Waals surface area (Å²) in [7, 11) is 0. The molecule has 1 amide bonds. The summed E-state index contributed by atoms with van der Waals surface area (Å²) in [6.07, 6.45) is -2.31. The van der Waals surface area contributed by atoms with Gasteiger partial charge < -0.3 is 14.7 Å². The minimum atomic E-state index is -2.25. The van der Waals surface area contributed by atoms with Gasteiger partial charge in [0, 0.05) is 13.1 Å². The third kappa shape index (κ3) is 4.14. The Bertz CT molecular complexity index is 319. The number of rotatable bonds is 5. The van der Waals surface area contributed by atoms with Crippen LogP contribution in [-0.4, -0.2) is 34.8 Å². The molecule has 17 heavy (non-hydrogen) atoms. The summed E-state index contributed by atoms with van der Waals surface area (Å²) in [6, 6.07) is 0. The third-order valence-electron chi connectivity index (χ3n) is 2.24. The molecule has 0 aromatic rings. The van der Waals surface area contributed by atoms with Gasteiger partial charge in [0.25, 0.3) is 0 Å². The van der Waals surface area contributed by atoms with Crippen LogP contribution in [0.2, 0.25) is 0 Å². The lowest BCUT2D eigenvalue weighted by Crippen LogP contribution is -2.35. The first-order valence-electron chi connectivity index (χ1n) is 5.18. The number of carbonyl (C=O) groups excluding carboxylic acids is 1. The fourth-order valence-corrected chi connectivity index (χ4v) is 1.06. The summed E-state index contributed by atoms with van der Waals surface area (Å²) < 4.78 is 29.7. The molecule has 4 nitrogen and oxygen atoms in total. The van der Waals surface area contributed by atoms with E-state index in [2.05, 4.69) is 11.3 Å². The van der Waals surface area contributed by atoms with Gasteiger partial charge in [-0.15, -0.1) is 0 Å². The number of hydrogen-bond acceptors (Lipinski definition) is 3. The Morgan fingerprint density at radius 1 is 1.47 bits per heavy atom. The zero-order chi connectivity index (χ0) is 13.6. The van der Waals surface area contributed by atoms with E-state index >= 15 is 0 Å². The van der Waals surface area contributed by atoms with Crippen molar-refractivity contribution in [3.05, 3.63) is 24.5 Å². The van der Waals surface area contributed by atoms with Crippen molar-refractivity contribution in [1.82, 2.24) is 4.90 Å². The van der Waals surface area contributed by atoms with Crippen LogP contribution < -0.4 is 0 Å². The normalized spacial score (nSPS) is 13.5. The SMILES string of the molecule is C=CC(C)(O)C(OC(=O)N(CC)CC)=C(F)F. The zero-order valence-electron chi connectivity index (χ0n) is 10.2. The van der Waals surface area contributed by atoms with Crippen LogP contribution in [0.15, 0.2) is 24.5 Å². The standard InChI is InChI=1S/C11H17F2NO3/c1-5-11(4,16)8(9(12)13)17-10(15)14(6-2)7-3/h5,16H,1,6-7H2,2-4H3. The van der Waals surface area contributed by atoms with Gasteiger partial charge in [0.1, 0.15) is 5.60 Å². The van der Waals surface area contributed by atoms with Crippen molar-refractivity contribution in [3.63, 3.8) is 0 Å². The molecule has 98 valence electrons. The van der Waals surface area contributed by atoms with Crippen LogP contribution in [0.1, 0.15) is 20.8 Å². The topological polar surface area (TPSA) is 49.8 Å². The molecule has 0 aromatic carbocycles.